The van der Waals surface area contributed by atoms with Gasteiger partial charge in [-0.3, -0.25) is 9.36 Å². The molecule has 3 aromatic rings. The average Bonchev–Trinajstić information content (AvgIpc) is 3.14. The number of thiazole rings is 1. The highest BCUT2D eigenvalue weighted by Crippen LogP contribution is 2.40. The largest absolute Gasteiger partial charge is 0.507 e. The normalized spacial score (nSPS) is 15.5. The molecule has 0 fully saturated rings. The Balaban J connectivity index is 2.03. The highest BCUT2D eigenvalue weighted by Gasteiger charge is 2.35. The maximum Gasteiger partial charge on any atom is 0.338 e. The highest BCUT2D eigenvalue weighted by molar-refractivity contribution is 9.10. The number of aromatic nitrogens is 1. The molecule has 2 aromatic carbocycles. The lowest BCUT2D eigenvalue weighted by molar-refractivity contribution is -0.139. The number of nitrogens with zero attached hydrogens (tertiary/aromatic N) is 2. The molecule has 35 heavy (non-hydrogen) atoms. The van der Waals surface area contributed by atoms with Crippen molar-refractivity contribution in [3.63, 3.8) is 0 Å². The fraction of sp³-hybridized carbons (Fsp3) is 0.240. The maximum atomic E-state index is 13.7. The van der Waals surface area contributed by atoms with E-state index in [1.165, 1.54) is 30.1 Å². The van der Waals surface area contributed by atoms with Gasteiger partial charge in [0.15, 0.2) is 16.3 Å². The molecule has 1 atom stereocenters. The third-order valence-electron chi connectivity index (χ3n) is 5.54. The number of aromatic hydroxyl groups is 1. The number of fused-ring (bicyclic) bond motifs is 1. The van der Waals surface area contributed by atoms with Gasteiger partial charge < -0.3 is 19.3 Å². The summed E-state index contributed by atoms with van der Waals surface area (Å²) in [6.45, 7) is 3.61. The van der Waals surface area contributed by atoms with Crippen molar-refractivity contribution in [2.75, 3.05) is 20.8 Å². The molecule has 1 aromatic heterocycles. The van der Waals surface area contributed by atoms with Crippen LogP contribution in [0.3, 0.4) is 0 Å². The predicted molar refractivity (Wildman–Crippen MR) is 136 cm³/mol. The quantitative estimate of drug-likeness (QED) is 0.466. The van der Waals surface area contributed by atoms with E-state index in [4.69, 9.17) is 14.2 Å². The molecule has 10 heteroatoms. The van der Waals surface area contributed by atoms with Crippen molar-refractivity contribution in [3.8, 4) is 17.2 Å². The first-order valence-electron chi connectivity index (χ1n) is 10.7. The van der Waals surface area contributed by atoms with Crippen LogP contribution in [-0.2, 0) is 9.53 Å². The standard InChI is InChI=1S/C25H23BrN2O6S/c1-5-34-24(31)21-13(2)27-25-28(22(21)15-11-18(32-3)19(33-4)12-16(15)26)23(30)20(35-25)10-14-8-6-7-9-17(14)29/h6-12,22,29H,5H2,1-4H3. The van der Waals surface area contributed by atoms with E-state index in [0.29, 0.717) is 42.1 Å². The zero-order valence-electron chi connectivity index (χ0n) is 19.5. The Morgan fingerprint density at radius 2 is 1.91 bits per heavy atom. The topological polar surface area (TPSA) is 99.4 Å². The van der Waals surface area contributed by atoms with E-state index in [2.05, 4.69) is 20.9 Å². The minimum Gasteiger partial charge on any atom is -0.507 e. The number of carbonyl (C=O) groups excluding carboxylic acids is 1. The summed E-state index contributed by atoms with van der Waals surface area (Å²) in [7, 11) is 3.04. The van der Waals surface area contributed by atoms with E-state index in [-0.39, 0.29) is 23.5 Å². The molecule has 4 rings (SSSR count). The fourth-order valence-electron chi connectivity index (χ4n) is 3.92. The number of ether oxygens (including phenoxy) is 3. The number of para-hydroxylation sites is 1. The number of rotatable bonds is 6. The van der Waals surface area contributed by atoms with Crippen molar-refractivity contribution in [2.24, 2.45) is 4.99 Å². The summed E-state index contributed by atoms with van der Waals surface area (Å²) in [4.78, 5) is 31.8. The first-order valence-corrected chi connectivity index (χ1v) is 12.3. The van der Waals surface area contributed by atoms with E-state index < -0.39 is 12.0 Å². The van der Waals surface area contributed by atoms with E-state index in [0.717, 1.165) is 0 Å². The maximum absolute atomic E-state index is 13.7. The molecule has 182 valence electrons. The van der Waals surface area contributed by atoms with Crippen LogP contribution in [0.4, 0.5) is 0 Å². The van der Waals surface area contributed by atoms with Crippen molar-refractivity contribution >= 4 is 39.3 Å². The summed E-state index contributed by atoms with van der Waals surface area (Å²) in [5, 5.41) is 10.2. The second-order valence-electron chi connectivity index (χ2n) is 7.59. The second kappa shape index (κ2) is 10.1. The molecular formula is C25H23BrN2O6S. The van der Waals surface area contributed by atoms with Gasteiger partial charge in [-0.05, 0) is 43.7 Å². The van der Waals surface area contributed by atoms with E-state index in [9.17, 15) is 14.7 Å². The number of esters is 1. The molecule has 1 aliphatic rings. The molecule has 0 aliphatic carbocycles. The Morgan fingerprint density at radius 1 is 1.23 bits per heavy atom. The highest BCUT2D eigenvalue weighted by atomic mass is 79.9. The van der Waals surface area contributed by atoms with Crippen molar-refractivity contribution < 1.29 is 24.1 Å². The van der Waals surface area contributed by atoms with Gasteiger partial charge in [-0.15, -0.1) is 0 Å². The summed E-state index contributed by atoms with van der Waals surface area (Å²) in [5.41, 5.74) is 1.46. The van der Waals surface area contributed by atoms with Crippen molar-refractivity contribution in [3.05, 3.63) is 83.0 Å². The molecule has 1 N–H and O–H groups in total. The van der Waals surface area contributed by atoms with Crippen molar-refractivity contribution in [1.82, 2.24) is 4.57 Å². The Kier molecular flexibility index (Phi) is 7.13. The van der Waals surface area contributed by atoms with Crippen molar-refractivity contribution in [2.45, 2.75) is 19.9 Å². The number of carbonyl (C=O) groups is 1. The minimum atomic E-state index is -0.828. The number of phenols is 1. The average molecular weight is 559 g/mol. The number of benzene rings is 2. The Morgan fingerprint density at radius 3 is 2.57 bits per heavy atom. The van der Waals surface area contributed by atoms with Gasteiger partial charge in [0.25, 0.3) is 5.56 Å². The van der Waals surface area contributed by atoms with Crippen LogP contribution < -0.4 is 24.4 Å². The zero-order chi connectivity index (χ0) is 25.3. The predicted octanol–water partition coefficient (Wildman–Crippen LogP) is 3.28. The van der Waals surface area contributed by atoms with Crippen LogP contribution in [0.2, 0.25) is 0 Å². The fourth-order valence-corrected chi connectivity index (χ4v) is 5.49. The van der Waals surface area contributed by atoms with Crippen LogP contribution in [0.15, 0.2) is 61.9 Å². The molecule has 0 saturated carbocycles. The van der Waals surface area contributed by atoms with Crippen LogP contribution >= 0.6 is 27.3 Å². The van der Waals surface area contributed by atoms with E-state index >= 15 is 0 Å². The molecule has 0 spiro atoms. The molecule has 0 radical (unpaired) electrons. The van der Waals surface area contributed by atoms with Gasteiger partial charge in [0.05, 0.1) is 42.7 Å². The van der Waals surface area contributed by atoms with Gasteiger partial charge in [-0.2, -0.15) is 0 Å². The van der Waals surface area contributed by atoms with Crippen LogP contribution in [0.1, 0.15) is 31.0 Å². The molecule has 1 unspecified atom stereocenters. The molecule has 0 saturated heterocycles. The Hall–Kier alpha value is -3.37. The SMILES string of the molecule is CCOC(=O)C1=C(C)N=c2sc(=Cc3ccccc3O)c(=O)n2C1c1cc(OC)c(OC)cc1Br. The number of hydrogen-bond donors (Lipinski definition) is 1. The van der Waals surface area contributed by atoms with Gasteiger partial charge >= 0.3 is 5.97 Å². The van der Waals surface area contributed by atoms with Crippen LogP contribution in [0.5, 0.6) is 17.2 Å². The smallest absolute Gasteiger partial charge is 0.338 e. The molecule has 0 amide bonds. The van der Waals surface area contributed by atoms with E-state index in [1.807, 2.05) is 0 Å². The van der Waals surface area contributed by atoms with E-state index in [1.54, 1.807) is 56.3 Å². The first-order chi connectivity index (χ1) is 16.8. The van der Waals surface area contributed by atoms with Gasteiger partial charge in [-0.25, -0.2) is 9.79 Å². The van der Waals surface area contributed by atoms with Gasteiger partial charge in [0.2, 0.25) is 0 Å². The molecular weight excluding hydrogens is 536 g/mol. The summed E-state index contributed by atoms with van der Waals surface area (Å²) in [6, 6.07) is 9.37. The number of allylic oxidation sites excluding steroid dienone is 1. The zero-order valence-corrected chi connectivity index (χ0v) is 21.9. The number of halogens is 1. The molecule has 0 bridgehead atoms. The first kappa shape index (κ1) is 24.7. The number of methoxy groups -OCH3 is 2. The van der Waals surface area contributed by atoms with Gasteiger partial charge in [-0.1, -0.05) is 45.5 Å². The molecule has 1 aliphatic heterocycles. The Bertz CT molecular complexity index is 1520. The van der Waals surface area contributed by atoms with Crippen LogP contribution in [-0.4, -0.2) is 36.5 Å². The van der Waals surface area contributed by atoms with Gasteiger partial charge in [0.1, 0.15) is 5.75 Å². The number of phenolic OH excluding ortho intramolecular Hbond substituents is 1. The third kappa shape index (κ3) is 4.51. The Labute approximate surface area is 213 Å². The minimum absolute atomic E-state index is 0.0564. The van der Waals surface area contributed by atoms with Gasteiger partial charge in [0, 0.05) is 10.0 Å². The van der Waals surface area contributed by atoms with Crippen molar-refractivity contribution in [1.29, 1.82) is 0 Å². The summed E-state index contributed by atoms with van der Waals surface area (Å²) in [6.07, 6.45) is 1.61. The second-order valence-corrected chi connectivity index (χ2v) is 9.45. The van der Waals surface area contributed by atoms with Crippen LogP contribution in [0.25, 0.3) is 6.08 Å². The monoisotopic (exact) mass is 558 g/mol. The lowest BCUT2D eigenvalue weighted by Gasteiger charge is -2.26. The third-order valence-corrected chi connectivity index (χ3v) is 7.21. The molecule has 2 heterocycles. The lowest BCUT2D eigenvalue weighted by Crippen LogP contribution is -2.40. The molecule has 8 nitrogen and oxygen atoms in total. The summed E-state index contributed by atoms with van der Waals surface area (Å²) >= 11 is 4.75. The number of hydrogen-bond acceptors (Lipinski definition) is 8. The summed E-state index contributed by atoms with van der Waals surface area (Å²) in [5.74, 6) is 0.435. The summed E-state index contributed by atoms with van der Waals surface area (Å²) < 4.78 is 18.7. The van der Waals surface area contributed by atoms with Crippen LogP contribution in [0, 0.1) is 0 Å². The lowest BCUT2D eigenvalue weighted by atomic mass is 9.95.